The molecule has 0 aromatic carbocycles. The van der Waals surface area contributed by atoms with E-state index >= 15 is 0 Å². The first-order valence-electron chi connectivity index (χ1n) is 4.95. The summed E-state index contributed by atoms with van der Waals surface area (Å²) >= 11 is 1.17. The van der Waals surface area contributed by atoms with Gasteiger partial charge in [0.25, 0.3) is 0 Å². The van der Waals surface area contributed by atoms with Crippen LogP contribution >= 0.6 is 11.8 Å². The summed E-state index contributed by atoms with van der Waals surface area (Å²) in [5, 5.41) is 19.8. The van der Waals surface area contributed by atoms with Crippen LogP contribution in [0.25, 0.3) is 0 Å². The third-order valence-electron chi connectivity index (χ3n) is 2.04. The van der Waals surface area contributed by atoms with Crippen LogP contribution in [0.5, 0.6) is 0 Å². The van der Waals surface area contributed by atoms with Gasteiger partial charge in [-0.15, -0.1) is 11.8 Å². The molecule has 0 saturated heterocycles. The van der Waals surface area contributed by atoms with E-state index in [4.69, 9.17) is 10.4 Å². The van der Waals surface area contributed by atoms with Gasteiger partial charge in [-0.1, -0.05) is 13.3 Å². The van der Waals surface area contributed by atoms with Crippen molar-refractivity contribution < 1.29 is 14.7 Å². The molecular weight excluding hydrogens is 228 g/mol. The molecule has 0 aliphatic heterocycles. The van der Waals surface area contributed by atoms with E-state index in [1.165, 1.54) is 18.7 Å². The average molecular weight is 244 g/mol. The highest BCUT2D eigenvalue weighted by Crippen LogP contribution is 2.13. The van der Waals surface area contributed by atoms with Gasteiger partial charge in [-0.3, -0.25) is 4.79 Å². The lowest BCUT2D eigenvalue weighted by atomic mass is 9.96. The monoisotopic (exact) mass is 244 g/mol. The summed E-state index contributed by atoms with van der Waals surface area (Å²) < 4.78 is 0. The Bertz CT molecular complexity index is 301. The molecule has 0 rings (SSSR count). The molecule has 1 unspecified atom stereocenters. The van der Waals surface area contributed by atoms with Crippen molar-refractivity contribution >= 4 is 23.6 Å². The Balaban J connectivity index is 4.25. The van der Waals surface area contributed by atoms with Gasteiger partial charge in [0.05, 0.1) is 17.6 Å². The van der Waals surface area contributed by atoms with Crippen LogP contribution in [0.15, 0.2) is 0 Å². The molecule has 0 fully saturated rings. The first-order chi connectivity index (χ1) is 7.46. The summed E-state index contributed by atoms with van der Waals surface area (Å²) in [6, 6.07) is 1.90. The Morgan fingerprint density at radius 2 is 2.19 bits per heavy atom. The quantitative estimate of drug-likeness (QED) is 0.652. The highest BCUT2D eigenvalue weighted by Gasteiger charge is 2.33. The van der Waals surface area contributed by atoms with Crippen molar-refractivity contribution in [2.75, 3.05) is 11.5 Å². The number of hydrogen-bond donors (Lipinski definition) is 2. The second-order valence-corrected chi connectivity index (χ2v) is 4.57. The second-order valence-electron chi connectivity index (χ2n) is 3.59. The highest BCUT2D eigenvalue weighted by atomic mass is 32.2. The van der Waals surface area contributed by atoms with E-state index in [0.717, 1.165) is 0 Å². The third kappa shape index (κ3) is 5.03. The molecular formula is C10H16N2O3S. The fourth-order valence-corrected chi connectivity index (χ4v) is 1.71. The number of amides is 1. The second kappa shape index (κ2) is 7.12. The lowest BCUT2D eigenvalue weighted by molar-refractivity contribution is -0.146. The third-order valence-corrected chi connectivity index (χ3v) is 2.84. The van der Waals surface area contributed by atoms with Crippen molar-refractivity contribution in [3.63, 3.8) is 0 Å². The van der Waals surface area contributed by atoms with Crippen LogP contribution in [0.3, 0.4) is 0 Å². The van der Waals surface area contributed by atoms with Gasteiger partial charge in [0, 0.05) is 0 Å². The van der Waals surface area contributed by atoms with Crippen LogP contribution in [-0.2, 0) is 9.59 Å². The molecule has 0 heterocycles. The van der Waals surface area contributed by atoms with E-state index in [9.17, 15) is 9.59 Å². The largest absolute Gasteiger partial charge is 0.480 e. The predicted octanol–water partition coefficient (Wildman–Crippen LogP) is 1.00. The maximum Gasteiger partial charge on any atom is 0.329 e. The standard InChI is InChI=1S/C10H16N2O3S/c1-3-4-10(2,9(14)15)12-8(13)7-16-6-5-11/h3-4,6-7H2,1-2H3,(H,12,13)(H,14,15). The van der Waals surface area contributed by atoms with Crippen molar-refractivity contribution in [1.29, 1.82) is 5.26 Å². The van der Waals surface area contributed by atoms with Crippen LogP contribution in [0.1, 0.15) is 26.7 Å². The summed E-state index contributed by atoms with van der Waals surface area (Å²) in [5.74, 6) is -1.04. The van der Waals surface area contributed by atoms with Crippen LogP contribution in [0, 0.1) is 11.3 Å². The topological polar surface area (TPSA) is 90.2 Å². The van der Waals surface area contributed by atoms with Crippen LogP contribution in [-0.4, -0.2) is 34.0 Å². The van der Waals surface area contributed by atoms with Crippen molar-refractivity contribution in [3.05, 3.63) is 0 Å². The van der Waals surface area contributed by atoms with Crippen molar-refractivity contribution in [1.82, 2.24) is 5.32 Å². The molecule has 0 spiro atoms. The Morgan fingerprint density at radius 1 is 1.56 bits per heavy atom. The number of carboxylic acids is 1. The summed E-state index contributed by atoms with van der Waals surface area (Å²) in [6.07, 6.45) is 1.06. The number of carbonyl (C=O) groups is 2. The molecule has 0 aliphatic carbocycles. The zero-order valence-corrected chi connectivity index (χ0v) is 10.3. The van der Waals surface area contributed by atoms with Gasteiger partial charge >= 0.3 is 5.97 Å². The molecule has 90 valence electrons. The van der Waals surface area contributed by atoms with Crippen LogP contribution < -0.4 is 5.32 Å². The summed E-state index contributed by atoms with van der Waals surface area (Å²) in [7, 11) is 0. The smallest absolute Gasteiger partial charge is 0.329 e. The molecule has 0 aromatic heterocycles. The first-order valence-corrected chi connectivity index (χ1v) is 6.11. The number of carboxylic acid groups (broad SMARTS) is 1. The Labute approximate surface area is 99.2 Å². The molecule has 0 radical (unpaired) electrons. The molecule has 0 aliphatic rings. The minimum absolute atomic E-state index is 0.111. The van der Waals surface area contributed by atoms with Gasteiger partial charge in [0.2, 0.25) is 5.91 Å². The van der Waals surface area contributed by atoms with Gasteiger partial charge < -0.3 is 10.4 Å². The van der Waals surface area contributed by atoms with Gasteiger partial charge in [-0.05, 0) is 13.3 Å². The molecule has 1 atom stereocenters. The predicted molar refractivity (Wildman–Crippen MR) is 62.0 cm³/mol. The molecule has 1 amide bonds. The van der Waals surface area contributed by atoms with E-state index in [-0.39, 0.29) is 17.4 Å². The highest BCUT2D eigenvalue weighted by molar-refractivity contribution is 8.00. The number of aliphatic carboxylic acids is 1. The van der Waals surface area contributed by atoms with Gasteiger partial charge in [0.1, 0.15) is 5.54 Å². The Kier molecular flexibility index (Phi) is 6.58. The van der Waals surface area contributed by atoms with E-state index in [2.05, 4.69) is 5.32 Å². The fraction of sp³-hybridized carbons (Fsp3) is 0.700. The van der Waals surface area contributed by atoms with E-state index in [1.807, 2.05) is 13.0 Å². The van der Waals surface area contributed by atoms with Crippen LogP contribution in [0.4, 0.5) is 0 Å². The molecule has 0 bridgehead atoms. The van der Waals surface area contributed by atoms with E-state index in [0.29, 0.717) is 12.8 Å². The van der Waals surface area contributed by atoms with Crippen LogP contribution in [0.2, 0.25) is 0 Å². The zero-order valence-electron chi connectivity index (χ0n) is 9.45. The van der Waals surface area contributed by atoms with Crippen molar-refractivity contribution in [3.8, 4) is 6.07 Å². The number of thioether (sulfide) groups is 1. The number of carbonyl (C=O) groups excluding carboxylic acids is 1. The molecule has 0 saturated carbocycles. The van der Waals surface area contributed by atoms with Crippen molar-refractivity contribution in [2.45, 2.75) is 32.2 Å². The summed E-state index contributed by atoms with van der Waals surface area (Å²) in [5.41, 5.74) is -1.21. The molecule has 5 nitrogen and oxygen atoms in total. The minimum Gasteiger partial charge on any atom is -0.480 e. The maximum atomic E-state index is 11.4. The molecule has 0 aromatic rings. The summed E-state index contributed by atoms with van der Waals surface area (Å²) in [4.78, 5) is 22.4. The first kappa shape index (κ1) is 14.8. The SMILES string of the molecule is CCCC(C)(NC(=O)CSCC#N)C(=O)O. The average Bonchev–Trinajstić information content (AvgIpc) is 2.18. The summed E-state index contributed by atoms with van der Waals surface area (Å²) in [6.45, 7) is 3.35. The lowest BCUT2D eigenvalue weighted by Gasteiger charge is -2.25. The molecule has 2 N–H and O–H groups in total. The Morgan fingerprint density at radius 3 is 2.62 bits per heavy atom. The normalized spacial score (nSPS) is 13.6. The van der Waals surface area contributed by atoms with Gasteiger partial charge in [-0.2, -0.15) is 5.26 Å². The number of hydrogen-bond acceptors (Lipinski definition) is 4. The zero-order chi connectivity index (χ0) is 12.6. The minimum atomic E-state index is -1.21. The van der Waals surface area contributed by atoms with Crippen molar-refractivity contribution in [2.24, 2.45) is 0 Å². The van der Waals surface area contributed by atoms with E-state index < -0.39 is 11.5 Å². The van der Waals surface area contributed by atoms with Gasteiger partial charge in [-0.25, -0.2) is 4.79 Å². The number of nitrogens with zero attached hydrogens (tertiary/aromatic N) is 1. The maximum absolute atomic E-state index is 11.4. The number of rotatable bonds is 7. The van der Waals surface area contributed by atoms with Gasteiger partial charge in [0.15, 0.2) is 0 Å². The van der Waals surface area contributed by atoms with E-state index in [1.54, 1.807) is 0 Å². The Hall–Kier alpha value is -1.22. The molecule has 6 heteroatoms. The lowest BCUT2D eigenvalue weighted by Crippen LogP contribution is -2.52. The number of nitriles is 1. The molecule has 16 heavy (non-hydrogen) atoms. The number of nitrogens with one attached hydrogen (secondary N) is 1. The fourth-order valence-electron chi connectivity index (χ4n) is 1.26.